The van der Waals surface area contributed by atoms with E-state index < -0.39 is 0 Å². The Balaban J connectivity index is 3.05. The molecule has 4 nitrogen and oxygen atoms in total. The van der Waals surface area contributed by atoms with E-state index in [1.165, 1.54) is 0 Å². The van der Waals surface area contributed by atoms with Gasteiger partial charge in [-0.3, -0.25) is 0 Å². The first-order chi connectivity index (χ1) is 9.17. The second-order valence-electron chi connectivity index (χ2n) is 4.01. The number of methoxy groups -OCH3 is 2. The Kier molecular flexibility index (Phi) is 6.99. The molecule has 0 aliphatic carbocycles. The fourth-order valence-corrected chi connectivity index (χ4v) is 2.19. The van der Waals surface area contributed by atoms with Crippen molar-refractivity contribution >= 4 is 11.6 Å². The Morgan fingerprint density at radius 3 is 2.47 bits per heavy atom. The van der Waals surface area contributed by atoms with Crippen LogP contribution in [0.15, 0.2) is 12.1 Å². The van der Waals surface area contributed by atoms with Crippen molar-refractivity contribution in [3.8, 4) is 11.5 Å². The van der Waals surface area contributed by atoms with E-state index in [0.29, 0.717) is 29.7 Å². The van der Waals surface area contributed by atoms with Crippen LogP contribution in [0.4, 0.5) is 0 Å². The molecule has 1 atom stereocenters. The molecule has 5 heteroatoms. The zero-order valence-electron chi connectivity index (χ0n) is 12.0. The Hall–Kier alpha value is -0.970. The molecule has 0 heterocycles. The van der Waals surface area contributed by atoms with E-state index in [1.807, 2.05) is 19.1 Å². The Labute approximate surface area is 120 Å². The van der Waals surface area contributed by atoms with Gasteiger partial charge in [0.25, 0.3) is 0 Å². The van der Waals surface area contributed by atoms with Crippen LogP contribution < -0.4 is 14.8 Å². The maximum atomic E-state index is 6.22. The van der Waals surface area contributed by atoms with Crippen molar-refractivity contribution in [1.29, 1.82) is 0 Å². The number of ether oxygens (including phenoxy) is 3. The fourth-order valence-electron chi connectivity index (χ4n) is 1.89. The maximum absolute atomic E-state index is 6.22. The molecule has 108 valence electrons. The topological polar surface area (TPSA) is 39.7 Å². The van der Waals surface area contributed by atoms with E-state index in [4.69, 9.17) is 25.8 Å². The summed E-state index contributed by atoms with van der Waals surface area (Å²) in [4.78, 5) is 0. The molecule has 0 bridgehead atoms. The summed E-state index contributed by atoms with van der Waals surface area (Å²) in [5, 5.41) is 3.91. The van der Waals surface area contributed by atoms with Crippen molar-refractivity contribution < 1.29 is 14.2 Å². The van der Waals surface area contributed by atoms with Gasteiger partial charge in [-0.25, -0.2) is 0 Å². The zero-order valence-corrected chi connectivity index (χ0v) is 12.7. The summed E-state index contributed by atoms with van der Waals surface area (Å²) in [5.74, 6) is 1.18. The number of halogens is 1. The van der Waals surface area contributed by atoms with E-state index in [9.17, 15) is 0 Å². The van der Waals surface area contributed by atoms with E-state index >= 15 is 0 Å². The van der Waals surface area contributed by atoms with Gasteiger partial charge in [-0.05, 0) is 31.2 Å². The van der Waals surface area contributed by atoms with Crippen molar-refractivity contribution in [1.82, 2.24) is 5.32 Å². The highest BCUT2D eigenvalue weighted by Crippen LogP contribution is 2.37. The van der Waals surface area contributed by atoms with Gasteiger partial charge in [0.1, 0.15) is 0 Å². The molecule has 0 saturated carbocycles. The van der Waals surface area contributed by atoms with Gasteiger partial charge in [-0.15, -0.1) is 0 Å². The quantitative estimate of drug-likeness (QED) is 0.798. The van der Waals surface area contributed by atoms with Gasteiger partial charge in [0.2, 0.25) is 0 Å². The van der Waals surface area contributed by atoms with Gasteiger partial charge < -0.3 is 19.5 Å². The first-order valence-corrected chi connectivity index (χ1v) is 6.78. The van der Waals surface area contributed by atoms with Gasteiger partial charge >= 0.3 is 0 Å². The molecule has 0 fully saturated rings. The van der Waals surface area contributed by atoms with E-state index in [1.54, 1.807) is 14.2 Å². The van der Waals surface area contributed by atoms with Crippen molar-refractivity contribution in [3.05, 3.63) is 22.7 Å². The van der Waals surface area contributed by atoms with Crippen LogP contribution in [0.5, 0.6) is 11.5 Å². The third-order valence-electron chi connectivity index (χ3n) is 2.80. The summed E-state index contributed by atoms with van der Waals surface area (Å²) in [5.41, 5.74) is 1.03. The van der Waals surface area contributed by atoms with Gasteiger partial charge in [0, 0.05) is 6.61 Å². The molecule has 0 aliphatic heterocycles. The molecule has 1 aromatic carbocycles. The summed E-state index contributed by atoms with van der Waals surface area (Å²) >= 11 is 6.22. The lowest BCUT2D eigenvalue weighted by atomic mass is 10.1. The highest BCUT2D eigenvalue weighted by molar-refractivity contribution is 6.32. The molecular weight excluding hydrogens is 266 g/mol. The number of benzene rings is 1. The average Bonchev–Trinajstić information content (AvgIpc) is 2.42. The van der Waals surface area contributed by atoms with Crippen molar-refractivity contribution in [2.45, 2.75) is 19.9 Å². The standard InChI is InChI=1S/C14H22ClNO3/c1-5-16-12(9-19-6-2)10-7-11(15)14(18-4)13(8-10)17-3/h7-8,12,16H,5-6,9H2,1-4H3. The molecule has 0 amide bonds. The number of rotatable bonds is 8. The lowest BCUT2D eigenvalue weighted by Gasteiger charge is -2.20. The summed E-state index contributed by atoms with van der Waals surface area (Å²) < 4.78 is 16.0. The predicted molar refractivity (Wildman–Crippen MR) is 77.5 cm³/mol. The fraction of sp³-hybridized carbons (Fsp3) is 0.571. The molecule has 0 saturated heterocycles. The van der Waals surface area contributed by atoms with Gasteiger partial charge in [0.15, 0.2) is 11.5 Å². The lowest BCUT2D eigenvalue weighted by Crippen LogP contribution is -2.25. The highest BCUT2D eigenvalue weighted by atomic mass is 35.5. The van der Waals surface area contributed by atoms with Crippen LogP contribution >= 0.6 is 11.6 Å². The van der Waals surface area contributed by atoms with Crippen molar-refractivity contribution in [2.24, 2.45) is 0 Å². The maximum Gasteiger partial charge on any atom is 0.179 e. The number of nitrogens with one attached hydrogen (secondary N) is 1. The highest BCUT2D eigenvalue weighted by Gasteiger charge is 2.16. The molecule has 0 aliphatic rings. The molecule has 0 aromatic heterocycles. The summed E-state index contributed by atoms with van der Waals surface area (Å²) in [6.45, 7) is 6.16. The van der Waals surface area contributed by atoms with E-state index in [2.05, 4.69) is 12.2 Å². The van der Waals surface area contributed by atoms with Crippen LogP contribution in [0.25, 0.3) is 0 Å². The Morgan fingerprint density at radius 1 is 1.21 bits per heavy atom. The largest absolute Gasteiger partial charge is 0.493 e. The molecule has 19 heavy (non-hydrogen) atoms. The molecule has 1 rings (SSSR count). The SMILES string of the molecule is CCNC(COCC)c1cc(Cl)c(OC)c(OC)c1. The third-order valence-corrected chi connectivity index (χ3v) is 3.08. The smallest absolute Gasteiger partial charge is 0.179 e. The number of hydrogen-bond donors (Lipinski definition) is 1. The van der Waals surface area contributed by atoms with Crippen LogP contribution in [0.1, 0.15) is 25.5 Å². The normalized spacial score (nSPS) is 12.3. The monoisotopic (exact) mass is 287 g/mol. The van der Waals surface area contributed by atoms with Crippen LogP contribution in [-0.4, -0.2) is 34.0 Å². The second-order valence-corrected chi connectivity index (χ2v) is 4.42. The number of hydrogen-bond acceptors (Lipinski definition) is 4. The van der Waals surface area contributed by atoms with Gasteiger partial charge in [0.05, 0.1) is 31.9 Å². The third kappa shape index (κ3) is 4.27. The number of likely N-dealkylation sites (N-methyl/N-ethyl adjacent to an activating group) is 1. The zero-order chi connectivity index (χ0) is 14.3. The predicted octanol–water partition coefficient (Wildman–Crippen LogP) is 3.04. The summed E-state index contributed by atoms with van der Waals surface area (Å²) in [6.07, 6.45) is 0. The molecule has 1 unspecified atom stereocenters. The first kappa shape index (κ1) is 16.1. The molecule has 1 N–H and O–H groups in total. The molecular formula is C14H22ClNO3. The van der Waals surface area contributed by atoms with Gasteiger partial charge in [-0.1, -0.05) is 18.5 Å². The lowest BCUT2D eigenvalue weighted by molar-refractivity contribution is 0.123. The Bertz CT molecular complexity index is 399. The minimum atomic E-state index is 0.0854. The second kappa shape index (κ2) is 8.25. The molecule has 0 radical (unpaired) electrons. The molecule has 1 aromatic rings. The van der Waals surface area contributed by atoms with E-state index in [0.717, 1.165) is 12.1 Å². The summed E-state index contributed by atoms with van der Waals surface area (Å²) in [6, 6.07) is 3.90. The Morgan fingerprint density at radius 2 is 1.95 bits per heavy atom. The summed E-state index contributed by atoms with van der Waals surface area (Å²) in [7, 11) is 3.17. The minimum absolute atomic E-state index is 0.0854. The first-order valence-electron chi connectivity index (χ1n) is 6.40. The van der Waals surface area contributed by atoms with Crippen molar-refractivity contribution in [2.75, 3.05) is 34.0 Å². The van der Waals surface area contributed by atoms with Crippen LogP contribution in [0.2, 0.25) is 5.02 Å². The molecule has 0 spiro atoms. The minimum Gasteiger partial charge on any atom is -0.493 e. The average molecular weight is 288 g/mol. The van der Waals surface area contributed by atoms with Crippen LogP contribution in [0.3, 0.4) is 0 Å². The van der Waals surface area contributed by atoms with Gasteiger partial charge in [-0.2, -0.15) is 0 Å². The van der Waals surface area contributed by atoms with Crippen LogP contribution in [-0.2, 0) is 4.74 Å². The van der Waals surface area contributed by atoms with Crippen molar-refractivity contribution in [3.63, 3.8) is 0 Å². The van der Waals surface area contributed by atoms with E-state index in [-0.39, 0.29) is 6.04 Å². The van der Waals surface area contributed by atoms with Crippen LogP contribution in [0, 0.1) is 0 Å².